The number of nitrogens with one attached hydrogen (secondary N) is 2. The van der Waals surface area contributed by atoms with Crippen LogP contribution in [0, 0.1) is 13.8 Å². The SMILES string of the molecule is Cc1cccc(N2CCN(CCNC(=O)C(C)c3ncc(-c4ccccc4)[nH]3)C(C)(c3ccccc3)C2)c1C. The molecule has 3 aromatic carbocycles. The molecule has 5 rings (SSSR count). The molecule has 2 unspecified atom stereocenters. The fourth-order valence-electron chi connectivity index (χ4n) is 5.66. The Hall–Kier alpha value is -3.90. The zero-order valence-electron chi connectivity index (χ0n) is 23.4. The highest BCUT2D eigenvalue weighted by Crippen LogP contribution is 2.35. The number of aromatic nitrogens is 2. The van der Waals surface area contributed by atoms with Crippen molar-refractivity contribution in [2.24, 2.45) is 0 Å². The van der Waals surface area contributed by atoms with Gasteiger partial charge in [-0.05, 0) is 56.0 Å². The minimum Gasteiger partial charge on any atom is -0.368 e. The Bertz CT molecular complexity index is 1400. The van der Waals surface area contributed by atoms with E-state index in [1.807, 2.05) is 37.3 Å². The van der Waals surface area contributed by atoms with Gasteiger partial charge in [0.05, 0.1) is 23.3 Å². The summed E-state index contributed by atoms with van der Waals surface area (Å²) in [7, 11) is 0. The van der Waals surface area contributed by atoms with Crippen LogP contribution in [0.5, 0.6) is 0 Å². The van der Waals surface area contributed by atoms with Crippen molar-refractivity contribution in [3.05, 3.63) is 108 Å². The topological polar surface area (TPSA) is 64.3 Å². The van der Waals surface area contributed by atoms with Crippen LogP contribution in [-0.2, 0) is 10.3 Å². The monoisotopic (exact) mass is 521 g/mol. The van der Waals surface area contributed by atoms with Crippen LogP contribution in [0.4, 0.5) is 5.69 Å². The molecule has 0 aliphatic carbocycles. The number of carbonyl (C=O) groups is 1. The fraction of sp³-hybridized carbons (Fsp3) is 0.333. The van der Waals surface area contributed by atoms with Crippen LogP contribution in [0.25, 0.3) is 11.3 Å². The van der Waals surface area contributed by atoms with Crippen molar-refractivity contribution >= 4 is 11.6 Å². The summed E-state index contributed by atoms with van der Waals surface area (Å²) >= 11 is 0. The molecule has 1 amide bonds. The summed E-state index contributed by atoms with van der Waals surface area (Å²) in [5, 5.41) is 3.17. The highest BCUT2D eigenvalue weighted by molar-refractivity contribution is 5.82. The lowest BCUT2D eigenvalue weighted by Gasteiger charge is -2.50. The van der Waals surface area contributed by atoms with Crippen molar-refractivity contribution in [3.63, 3.8) is 0 Å². The van der Waals surface area contributed by atoms with Crippen molar-refractivity contribution in [1.82, 2.24) is 20.2 Å². The lowest BCUT2D eigenvalue weighted by molar-refractivity contribution is -0.122. The third-order valence-electron chi connectivity index (χ3n) is 8.31. The molecule has 1 aliphatic heterocycles. The van der Waals surface area contributed by atoms with Crippen molar-refractivity contribution in [1.29, 1.82) is 0 Å². The third-order valence-corrected chi connectivity index (χ3v) is 8.31. The number of amides is 1. The van der Waals surface area contributed by atoms with E-state index in [2.05, 4.69) is 94.4 Å². The number of benzene rings is 3. The van der Waals surface area contributed by atoms with Gasteiger partial charge in [0, 0.05) is 38.4 Å². The quantitative estimate of drug-likeness (QED) is 0.315. The van der Waals surface area contributed by atoms with Gasteiger partial charge >= 0.3 is 0 Å². The van der Waals surface area contributed by atoms with Gasteiger partial charge in [-0.25, -0.2) is 4.98 Å². The molecule has 2 heterocycles. The Morgan fingerprint density at radius 2 is 1.72 bits per heavy atom. The second-order valence-corrected chi connectivity index (χ2v) is 10.8. The van der Waals surface area contributed by atoms with Crippen LogP contribution in [0.2, 0.25) is 0 Å². The number of H-pyrrole nitrogens is 1. The molecule has 4 aromatic rings. The highest BCUT2D eigenvalue weighted by Gasteiger charge is 2.39. The summed E-state index contributed by atoms with van der Waals surface area (Å²) in [6.07, 6.45) is 1.80. The van der Waals surface area contributed by atoms with Crippen LogP contribution in [0.1, 0.15) is 42.3 Å². The van der Waals surface area contributed by atoms with Gasteiger partial charge in [-0.1, -0.05) is 72.8 Å². The molecule has 0 radical (unpaired) electrons. The zero-order chi connectivity index (χ0) is 27.4. The Balaban J connectivity index is 1.26. The van der Waals surface area contributed by atoms with Crippen molar-refractivity contribution in [2.75, 3.05) is 37.6 Å². The summed E-state index contributed by atoms with van der Waals surface area (Å²) in [5.74, 6) is 0.311. The fourth-order valence-corrected chi connectivity index (χ4v) is 5.66. The Morgan fingerprint density at radius 3 is 2.46 bits per heavy atom. The predicted octanol–water partition coefficient (Wildman–Crippen LogP) is 5.65. The molecule has 0 saturated carbocycles. The van der Waals surface area contributed by atoms with Crippen molar-refractivity contribution in [3.8, 4) is 11.3 Å². The van der Waals surface area contributed by atoms with Crippen molar-refractivity contribution < 1.29 is 4.79 Å². The second kappa shape index (κ2) is 11.5. The molecule has 1 aromatic heterocycles. The first-order chi connectivity index (χ1) is 18.9. The highest BCUT2D eigenvalue weighted by atomic mass is 16.1. The van der Waals surface area contributed by atoms with E-state index >= 15 is 0 Å². The van der Waals surface area contributed by atoms with E-state index in [-0.39, 0.29) is 17.4 Å². The molecule has 6 nitrogen and oxygen atoms in total. The second-order valence-electron chi connectivity index (χ2n) is 10.8. The number of aromatic amines is 1. The zero-order valence-corrected chi connectivity index (χ0v) is 23.4. The molecule has 1 aliphatic rings. The van der Waals surface area contributed by atoms with Gasteiger partial charge < -0.3 is 15.2 Å². The minimum atomic E-state index is -0.357. The van der Waals surface area contributed by atoms with Crippen LogP contribution in [0.15, 0.2) is 85.1 Å². The van der Waals surface area contributed by atoms with E-state index < -0.39 is 0 Å². The minimum absolute atomic E-state index is 0.0144. The molecule has 1 saturated heterocycles. The number of carbonyl (C=O) groups excluding carboxylic acids is 1. The Labute approximate surface area is 232 Å². The number of rotatable bonds is 8. The summed E-state index contributed by atoms with van der Waals surface area (Å²) in [6.45, 7) is 12.8. The first kappa shape index (κ1) is 26.7. The maximum absolute atomic E-state index is 13.1. The number of aryl methyl sites for hydroxylation is 1. The van der Waals surface area contributed by atoms with E-state index in [4.69, 9.17) is 0 Å². The van der Waals surface area contributed by atoms with E-state index in [1.54, 1.807) is 6.20 Å². The summed E-state index contributed by atoms with van der Waals surface area (Å²) in [5.41, 5.74) is 7.07. The van der Waals surface area contributed by atoms with Crippen LogP contribution in [0.3, 0.4) is 0 Å². The molecule has 0 spiro atoms. The average molecular weight is 522 g/mol. The molecule has 2 N–H and O–H groups in total. The van der Waals surface area contributed by atoms with Gasteiger partial charge in [-0.2, -0.15) is 0 Å². The smallest absolute Gasteiger partial charge is 0.230 e. The van der Waals surface area contributed by atoms with Crippen molar-refractivity contribution in [2.45, 2.75) is 39.2 Å². The standard InChI is InChI=1S/C33H39N5O/c1-24-12-11-17-30(25(24)2)37-20-21-38(33(4,23-37)28-15-9-6-10-16-28)19-18-34-32(39)26(3)31-35-22-29(36-31)27-13-7-5-8-14-27/h5-17,22,26H,18-21,23H2,1-4H3,(H,34,39)(H,35,36). The summed E-state index contributed by atoms with van der Waals surface area (Å²) in [4.78, 5) is 25.9. The maximum Gasteiger partial charge on any atom is 0.230 e. The Kier molecular flexibility index (Phi) is 7.84. The van der Waals surface area contributed by atoms with Gasteiger partial charge in [0.2, 0.25) is 5.91 Å². The lowest BCUT2D eigenvalue weighted by atomic mass is 9.86. The van der Waals surface area contributed by atoms with E-state index in [9.17, 15) is 4.79 Å². The number of anilines is 1. The number of piperazine rings is 1. The first-order valence-corrected chi connectivity index (χ1v) is 13.9. The lowest BCUT2D eigenvalue weighted by Crippen LogP contribution is -2.60. The summed E-state index contributed by atoms with van der Waals surface area (Å²) in [6, 6.07) is 27.4. The average Bonchev–Trinajstić information content (AvgIpc) is 3.46. The number of nitrogens with zero attached hydrogens (tertiary/aromatic N) is 3. The van der Waals surface area contributed by atoms with Gasteiger partial charge in [-0.15, -0.1) is 0 Å². The number of imidazole rings is 1. The summed E-state index contributed by atoms with van der Waals surface area (Å²) < 4.78 is 0. The van der Waals surface area contributed by atoms with E-state index in [0.29, 0.717) is 12.4 Å². The van der Waals surface area contributed by atoms with Crippen LogP contribution >= 0.6 is 0 Å². The van der Waals surface area contributed by atoms with Crippen LogP contribution in [-0.4, -0.2) is 53.5 Å². The predicted molar refractivity (Wildman–Crippen MR) is 159 cm³/mol. The molecule has 0 bridgehead atoms. The van der Waals surface area contributed by atoms with Gasteiger partial charge in [0.15, 0.2) is 0 Å². The molecule has 2 atom stereocenters. The third kappa shape index (κ3) is 5.62. The maximum atomic E-state index is 13.1. The van der Waals surface area contributed by atoms with Gasteiger partial charge in [0.1, 0.15) is 5.82 Å². The molecule has 1 fully saturated rings. The van der Waals surface area contributed by atoms with E-state index in [0.717, 1.165) is 37.4 Å². The molecular weight excluding hydrogens is 482 g/mol. The molecular formula is C33H39N5O. The van der Waals surface area contributed by atoms with Crippen LogP contribution < -0.4 is 10.2 Å². The van der Waals surface area contributed by atoms with Gasteiger partial charge in [0.25, 0.3) is 0 Å². The normalized spacial score (nSPS) is 18.6. The number of hydrogen-bond acceptors (Lipinski definition) is 4. The van der Waals surface area contributed by atoms with Gasteiger partial charge in [-0.3, -0.25) is 9.69 Å². The molecule has 202 valence electrons. The molecule has 39 heavy (non-hydrogen) atoms. The van der Waals surface area contributed by atoms with E-state index in [1.165, 1.54) is 22.4 Å². The molecule has 6 heteroatoms. The first-order valence-electron chi connectivity index (χ1n) is 13.9. The number of hydrogen-bond donors (Lipinski definition) is 2. The largest absolute Gasteiger partial charge is 0.368 e. The Morgan fingerprint density at radius 1 is 1.00 bits per heavy atom.